The molecule has 0 bridgehead atoms. The average molecular weight is 495 g/mol. The molecule has 0 amide bonds. The summed E-state index contributed by atoms with van der Waals surface area (Å²) in [6, 6.07) is 0. The summed E-state index contributed by atoms with van der Waals surface area (Å²) >= 11 is 0. The van der Waals surface area contributed by atoms with E-state index in [9.17, 15) is 35.2 Å². The smallest absolute Gasteiger partial charge is 0.294 e. The zero-order chi connectivity index (χ0) is 25.2. The number of carbonyl (C=O) groups excluding carboxylic acids is 1. The van der Waals surface area contributed by atoms with Crippen molar-refractivity contribution in [3.05, 3.63) is 31.9 Å². The van der Waals surface area contributed by atoms with Crippen LogP contribution in [0.3, 0.4) is 0 Å². The second-order valence-electron chi connectivity index (χ2n) is 11.8. The molecule has 11 heteroatoms. The van der Waals surface area contributed by atoms with E-state index in [2.05, 4.69) is 6.92 Å². The molecule has 0 aromatic rings. The minimum absolute atomic E-state index is 0.00555. The van der Waals surface area contributed by atoms with E-state index < -0.39 is 38.3 Å². The summed E-state index contributed by atoms with van der Waals surface area (Å²) in [4.78, 5) is 43.8. The molecule has 5 aliphatic rings. The van der Waals surface area contributed by atoms with E-state index in [1.807, 2.05) is 0 Å². The number of aliphatic hydroxyl groups is 2. The molecule has 0 aromatic heterocycles. The van der Waals surface area contributed by atoms with Crippen molar-refractivity contribution in [1.29, 1.82) is 0 Å². The molecule has 6 unspecified atom stereocenters. The maximum atomic E-state index is 12.3. The first kappa shape index (κ1) is 24.4. The van der Waals surface area contributed by atoms with Gasteiger partial charge in [0.05, 0.1) is 11.2 Å². The molecular formula is C24H34N2O9. The highest BCUT2D eigenvalue weighted by atomic mass is 17.0. The van der Waals surface area contributed by atoms with Crippen molar-refractivity contribution in [3.63, 3.8) is 0 Å². The lowest BCUT2D eigenvalue weighted by molar-refractivity contribution is -0.772. The molecule has 4 saturated carbocycles. The van der Waals surface area contributed by atoms with E-state index in [1.54, 1.807) is 6.08 Å². The van der Waals surface area contributed by atoms with Gasteiger partial charge in [0.1, 0.15) is 12.7 Å². The molecule has 0 heterocycles. The van der Waals surface area contributed by atoms with E-state index >= 15 is 0 Å². The molecular weight excluding hydrogens is 460 g/mol. The Morgan fingerprint density at radius 3 is 2.40 bits per heavy atom. The van der Waals surface area contributed by atoms with E-state index in [0.717, 1.165) is 18.4 Å². The van der Waals surface area contributed by atoms with Crippen LogP contribution in [0, 0.1) is 48.8 Å². The third-order valence-corrected chi connectivity index (χ3v) is 10.7. The van der Waals surface area contributed by atoms with Crippen molar-refractivity contribution in [2.24, 2.45) is 28.6 Å². The quantitative estimate of drug-likeness (QED) is 0.417. The van der Waals surface area contributed by atoms with Crippen molar-refractivity contribution in [1.82, 2.24) is 0 Å². The predicted octanol–water partition coefficient (Wildman–Crippen LogP) is 2.93. The molecule has 0 aromatic carbocycles. The molecule has 11 nitrogen and oxygen atoms in total. The van der Waals surface area contributed by atoms with Gasteiger partial charge in [-0.2, -0.15) is 0 Å². The van der Waals surface area contributed by atoms with Gasteiger partial charge >= 0.3 is 0 Å². The standard InChI is InChI=1S/C24H34N2O9/c1-21-8-5-19-20(24(21,29)11-7-18(21)15-2-3-16(27)12-15)6-10-23(28)13-17(35-26(32)33)4-9-22(19,23)14-34-25(30)31/h12,17-20,28-29H,2-11,13-14H2,1H3/t17?,18?,19-,20+,21?,22?,23?,24?/m0/s1. The summed E-state index contributed by atoms with van der Waals surface area (Å²) in [5, 5.41) is 44.7. The monoisotopic (exact) mass is 494 g/mol. The Labute approximate surface area is 203 Å². The van der Waals surface area contributed by atoms with Crippen molar-refractivity contribution < 1.29 is 34.9 Å². The molecule has 0 radical (unpaired) electrons. The van der Waals surface area contributed by atoms with E-state index in [0.29, 0.717) is 32.1 Å². The summed E-state index contributed by atoms with van der Waals surface area (Å²) in [6.45, 7) is 1.81. The summed E-state index contributed by atoms with van der Waals surface area (Å²) in [7, 11) is 0. The first-order valence-corrected chi connectivity index (χ1v) is 12.7. The lowest BCUT2D eigenvalue weighted by Gasteiger charge is -2.66. The molecule has 0 spiro atoms. The zero-order valence-electron chi connectivity index (χ0n) is 20.0. The van der Waals surface area contributed by atoms with Crippen LogP contribution in [0.25, 0.3) is 0 Å². The lowest BCUT2D eigenvalue weighted by Crippen LogP contribution is -2.69. The largest absolute Gasteiger partial charge is 0.389 e. The van der Waals surface area contributed by atoms with Gasteiger partial charge in [-0.25, -0.2) is 0 Å². The highest BCUT2D eigenvalue weighted by molar-refractivity contribution is 5.93. The van der Waals surface area contributed by atoms with Crippen molar-refractivity contribution in [2.45, 2.75) is 94.9 Å². The van der Waals surface area contributed by atoms with Gasteiger partial charge in [0.15, 0.2) is 5.78 Å². The Kier molecular flexibility index (Phi) is 5.67. The molecule has 5 aliphatic carbocycles. The number of hydrogen-bond acceptors (Lipinski definition) is 9. The average Bonchev–Trinajstić information content (AvgIpc) is 3.31. The van der Waals surface area contributed by atoms with Gasteiger partial charge in [-0.15, -0.1) is 20.2 Å². The molecule has 8 atom stereocenters. The Morgan fingerprint density at radius 2 is 1.74 bits per heavy atom. The number of carbonyl (C=O) groups is 1. The summed E-state index contributed by atoms with van der Waals surface area (Å²) in [5.74, 6) is -0.155. The van der Waals surface area contributed by atoms with Gasteiger partial charge in [0.25, 0.3) is 10.2 Å². The highest BCUT2D eigenvalue weighted by Crippen LogP contribution is 2.71. The van der Waals surface area contributed by atoms with Gasteiger partial charge in [0, 0.05) is 23.7 Å². The van der Waals surface area contributed by atoms with Gasteiger partial charge < -0.3 is 19.9 Å². The van der Waals surface area contributed by atoms with Crippen LogP contribution in [0.4, 0.5) is 0 Å². The second-order valence-corrected chi connectivity index (χ2v) is 11.8. The number of hydrogen-bond donors (Lipinski definition) is 2. The minimum Gasteiger partial charge on any atom is -0.389 e. The summed E-state index contributed by atoms with van der Waals surface area (Å²) < 4.78 is 0. The molecule has 2 N–H and O–H groups in total. The van der Waals surface area contributed by atoms with Crippen LogP contribution in [-0.2, 0) is 14.5 Å². The predicted molar refractivity (Wildman–Crippen MR) is 120 cm³/mol. The van der Waals surface area contributed by atoms with E-state index in [4.69, 9.17) is 9.68 Å². The van der Waals surface area contributed by atoms with Gasteiger partial charge in [-0.05, 0) is 81.6 Å². The fourth-order valence-electron chi connectivity index (χ4n) is 9.15. The van der Waals surface area contributed by atoms with E-state index in [-0.39, 0.29) is 55.8 Å². The molecule has 0 saturated heterocycles. The molecule has 5 rings (SSSR count). The number of nitrogens with zero attached hydrogens (tertiary/aromatic N) is 2. The summed E-state index contributed by atoms with van der Waals surface area (Å²) in [5.41, 5.74) is -2.74. The summed E-state index contributed by atoms with van der Waals surface area (Å²) in [6.07, 6.45) is 6.29. The third kappa shape index (κ3) is 3.48. The van der Waals surface area contributed by atoms with Crippen molar-refractivity contribution in [2.75, 3.05) is 6.61 Å². The molecule has 35 heavy (non-hydrogen) atoms. The van der Waals surface area contributed by atoms with Crippen molar-refractivity contribution >= 4 is 5.78 Å². The normalized spacial score (nSPS) is 46.7. The SMILES string of the molecule is CC12CC[C@H]3[C@@H](CCC4(O)CC(O[N+](=O)[O-])CCC34CO[N+](=O)[O-])C1(O)CCC2C1=CC(=O)CC1. The Balaban J connectivity index is 1.48. The first-order valence-electron chi connectivity index (χ1n) is 12.7. The second kappa shape index (κ2) is 8.12. The molecule has 194 valence electrons. The Morgan fingerprint density at radius 1 is 1.00 bits per heavy atom. The third-order valence-electron chi connectivity index (χ3n) is 10.7. The van der Waals surface area contributed by atoms with Crippen LogP contribution in [-0.4, -0.2) is 50.1 Å². The van der Waals surface area contributed by atoms with Crippen LogP contribution in [0.5, 0.6) is 0 Å². The van der Waals surface area contributed by atoms with Gasteiger partial charge in [-0.3, -0.25) is 4.79 Å². The van der Waals surface area contributed by atoms with Gasteiger partial charge in [-0.1, -0.05) is 12.5 Å². The number of fused-ring (bicyclic) bond motifs is 5. The Bertz CT molecular complexity index is 971. The van der Waals surface area contributed by atoms with Crippen LogP contribution in [0.1, 0.15) is 77.6 Å². The fourth-order valence-corrected chi connectivity index (χ4v) is 9.15. The Hall–Kier alpha value is -2.27. The lowest BCUT2D eigenvalue weighted by atomic mass is 9.41. The zero-order valence-corrected chi connectivity index (χ0v) is 20.0. The number of allylic oxidation sites excluding steroid dienone is 2. The molecule has 4 fully saturated rings. The fraction of sp³-hybridized carbons (Fsp3) is 0.875. The first-order chi connectivity index (χ1) is 16.4. The maximum Gasteiger partial charge on any atom is 0.294 e. The maximum absolute atomic E-state index is 12.3. The minimum atomic E-state index is -1.42. The van der Waals surface area contributed by atoms with Crippen molar-refractivity contribution in [3.8, 4) is 0 Å². The topological polar surface area (TPSA) is 162 Å². The number of rotatable bonds is 6. The van der Waals surface area contributed by atoms with Crippen LogP contribution < -0.4 is 0 Å². The van der Waals surface area contributed by atoms with E-state index in [1.165, 1.54) is 0 Å². The van der Waals surface area contributed by atoms with Gasteiger partial charge in [0.2, 0.25) is 0 Å². The van der Waals surface area contributed by atoms with Crippen LogP contribution in [0.15, 0.2) is 11.6 Å². The number of ketones is 1. The molecule has 0 aliphatic heterocycles. The van der Waals surface area contributed by atoms with Crippen LogP contribution in [0.2, 0.25) is 0 Å². The highest BCUT2D eigenvalue weighted by Gasteiger charge is 2.71. The van der Waals surface area contributed by atoms with Crippen LogP contribution >= 0.6 is 0 Å².